The van der Waals surface area contributed by atoms with E-state index in [2.05, 4.69) is 10.3 Å². The van der Waals surface area contributed by atoms with Crippen LogP contribution in [0.2, 0.25) is 0 Å². The molecule has 0 fully saturated rings. The maximum atomic E-state index is 12.1. The summed E-state index contributed by atoms with van der Waals surface area (Å²) < 4.78 is 5.09. The Morgan fingerprint density at radius 2 is 2.17 bits per heavy atom. The molecule has 3 rings (SSSR count). The molecule has 2 aromatic heterocycles. The zero-order valence-corrected chi connectivity index (χ0v) is 13.3. The first-order chi connectivity index (χ1) is 11.1. The molecule has 0 spiro atoms. The number of aromatic nitrogens is 1. The first-order valence-electron chi connectivity index (χ1n) is 7.16. The van der Waals surface area contributed by atoms with Gasteiger partial charge in [-0.15, -0.1) is 11.3 Å². The second-order valence-electron chi connectivity index (χ2n) is 5.09. The van der Waals surface area contributed by atoms with Gasteiger partial charge in [0.05, 0.1) is 12.8 Å². The Bertz CT molecular complexity index is 796. The molecule has 1 amide bonds. The number of carbonyl (C=O) groups is 1. The number of nitrogens with zero attached hydrogens (tertiary/aromatic N) is 1. The van der Waals surface area contributed by atoms with E-state index < -0.39 is 6.10 Å². The topological polar surface area (TPSA) is 75.4 Å². The van der Waals surface area contributed by atoms with E-state index in [9.17, 15) is 9.90 Å². The van der Waals surface area contributed by atoms with E-state index in [0.29, 0.717) is 11.5 Å². The van der Waals surface area contributed by atoms with Crippen LogP contribution in [0.1, 0.15) is 27.9 Å². The van der Waals surface area contributed by atoms with Gasteiger partial charge in [-0.05, 0) is 24.6 Å². The van der Waals surface area contributed by atoms with Crippen molar-refractivity contribution < 1.29 is 14.3 Å². The van der Waals surface area contributed by atoms with Crippen LogP contribution in [0.4, 0.5) is 0 Å². The molecule has 0 radical (unpaired) electrons. The quantitative estimate of drug-likeness (QED) is 0.754. The highest BCUT2D eigenvalue weighted by Crippen LogP contribution is 2.26. The van der Waals surface area contributed by atoms with Crippen LogP contribution in [0.3, 0.4) is 0 Å². The van der Waals surface area contributed by atoms with Gasteiger partial charge in [0.15, 0.2) is 0 Å². The summed E-state index contributed by atoms with van der Waals surface area (Å²) in [6.07, 6.45) is 0.610. The van der Waals surface area contributed by atoms with Crippen molar-refractivity contribution in [3.63, 3.8) is 0 Å². The summed E-state index contributed by atoms with van der Waals surface area (Å²) in [5.74, 6) is 0.107. The van der Waals surface area contributed by atoms with Crippen LogP contribution in [-0.4, -0.2) is 22.5 Å². The third-order valence-corrected chi connectivity index (χ3v) is 4.32. The van der Waals surface area contributed by atoms with Gasteiger partial charge in [0.2, 0.25) is 0 Å². The third-order valence-electron chi connectivity index (χ3n) is 3.44. The molecule has 3 aromatic rings. The average molecular weight is 328 g/mol. The molecule has 1 atom stereocenters. The van der Waals surface area contributed by atoms with Crippen LogP contribution in [0.15, 0.2) is 52.5 Å². The van der Waals surface area contributed by atoms with Crippen LogP contribution < -0.4 is 5.32 Å². The summed E-state index contributed by atoms with van der Waals surface area (Å²) in [7, 11) is 0. The molecule has 1 aromatic carbocycles. The largest absolute Gasteiger partial charge is 0.467 e. The number of furan rings is 1. The molecule has 118 valence electrons. The normalized spacial score (nSPS) is 12.1. The van der Waals surface area contributed by atoms with Crippen LogP contribution in [0.5, 0.6) is 0 Å². The number of nitrogens with one attached hydrogen (secondary N) is 1. The maximum absolute atomic E-state index is 12.1. The van der Waals surface area contributed by atoms with E-state index >= 15 is 0 Å². The lowest BCUT2D eigenvalue weighted by atomic mass is 10.1. The van der Waals surface area contributed by atoms with Crippen LogP contribution in [-0.2, 0) is 0 Å². The van der Waals surface area contributed by atoms with Crippen molar-refractivity contribution in [1.82, 2.24) is 10.3 Å². The van der Waals surface area contributed by atoms with Gasteiger partial charge in [-0.1, -0.05) is 24.3 Å². The molecule has 0 aliphatic rings. The second-order valence-corrected chi connectivity index (χ2v) is 5.95. The maximum Gasteiger partial charge on any atom is 0.270 e. The van der Waals surface area contributed by atoms with E-state index in [1.165, 1.54) is 17.6 Å². The van der Waals surface area contributed by atoms with E-state index in [1.807, 2.05) is 31.2 Å². The van der Waals surface area contributed by atoms with Crippen molar-refractivity contribution in [1.29, 1.82) is 0 Å². The van der Waals surface area contributed by atoms with Crippen LogP contribution >= 0.6 is 11.3 Å². The standard InChI is InChI=1S/C17H16N2O3S/c1-11-5-2-3-6-12(11)17-19-13(10-23-17)16(21)18-9-14(20)15-7-4-8-22-15/h2-8,10,14,20H,9H2,1H3,(H,18,21). The summed E-state index contributed by atoms with van der Waals surface area (Å²) in [5, 5.41) is 15.1. The Kier molecular flexibility index (Phi) is 4.55. The SMILES string of the molecule is Cc1ccccc1-c1nc(C(=O)NCC(O)c2ccco2)cs1. The van der Waals surface area contributed by atoms with Crippen molar-refractivity contribution in [2.24, 2.45) is 0 Å². The molecule has 0 saturated carbocycles. The lowest BCUT2D eigenvalue weighted by molar-refractivity contribution is 0.0897. The van der Waals surface area contributed by atoms with E-state index in [4.69, 9.17) is 4.42 Å². The number of carbonyl (C=O) groups excluding carboxylic acids is 1. The highest BCUT2D eigenvalue weighted by molar-refractivity contribution is 7.13. The van der Waals surface area contributed by atoms with Gasteiger partial charge >= 0.3 is 0 Å². The van der Waals surface area contributed by atoms with Gasteiger partial charge < -0.3 is 14.8 Å². The number of amides is 1. The molecule has 2 N–H and O–H groups in total. The highest BCUT2D eigenvalue weighted by Gasteiger charge is 2.16. The first-order valence-corrected chi connectivity index (χ1v) is 8.04. The number of aliphatic hydroxyl groups excluding tert-OH is 1. The minimum atomic E-state index is -0.872. The van der Waals surface area contributed by atoms with Gasteiger partial charge in [-0.25, -0.2) is 4.98 Å². The zero-order chi connectivity index (χ0) is 16.2. The fraction of sp³-hybridized carbons (Fsp3) is 0.176. The van der Waals surface area contributed by atoms with E-state index in [1.54, 1.807) is 17.5 Å². The molecule has 2 heterocycles. The van der Waals surface area contributed by atoms with Crippen molar-refractivity contribution >= 4 is 17.2 Å². The Morgan fingerprint density at radius 3 is 2.91 bits per heavy atom. The van der Waals surface area contributed by atoms with Gasteiger partial charge in [0, 0.05) is 10.9 Å². The Hall–Kier alpha value is -2.44. The number of benzene rings is 1. The molecular formula is C17H16N2O3S. The van der Waals surface area contributed by atoms with Crippen LogP contribution in [0, 0.1) is 6.92 Å². The lowest BCUT2D eigenvalue weighted by Crippen LogP contribution is -2.28. The number of rotatable bonds is 5. The third kappa shape index (κ3) is 3.49. The van der Waals surface area contributed by atoms with Crippen molar-refractivity contribution in [2.75, 3.05) is 6.54 Å². The molecule has 0 aliphatic carbocycles. The number of thiazole rings is 1. The summed E-state index contributed by atoms with van der Waals surface area (Å²) in [6.45, 7) is 2.08. The summed E-state index contributed by atoms with van der Waals surface area (Å²) >= 11 is 1.42. The fourth-order valence-electron chi connectivity index (χ4n) is 2.18. The fourth-order valence-corrected chi connectivity index (χ4v) is 3.07. The molecule has 0 bridgehead atoms. The van der Waals surface area contributed by atoms with E-state index in [0.717, 1.165) is 16.1 Å². The Morgan fingerprint density at radius 1 is 1.35 bits per heavy atom. The number of hydrogen-bond donors (Lipinski definition) is 2. The Labute approximate surface area is 137 Å². The molecule has 1 unspecified atom stereocenters. The lowest BCUT2D eigenvalue weighted by Gasteiger charge is -2.08. The predicted molar refractivity (Wildman–Crippen MR) is 88.3 cm³/mol. The molecule has 5 nitrogen and oxygen atoms in total. The summed E-state index contributed by atoms with van der Waals surface area (Å²) in [4.78, 5) is 16.5. The van der Waals surface area contributed by atoms with Gasteiger partial charge in [0.25, 0.3) is 5.91 Å². The van der Waals surface area contributed by atoms with Crippen molar-refractivity contribution in [2.45, 2.75) is 13.0 Å². The molecular weight excluding hydrogens is 312 g/mol. The number of hydrogen-bond acceptors (Lipinski definition) is 5. The minimum Gasteiger partial charge on any atom is -0.467 e. The summed E-state index contributed by atoms with van der Waals surface area (Å²) in [6, 6.07) is 11.3. The van der Waals surface area contributed by atoms with Gasteiger partial charge in [-0.2, -0.15) is 0 Å². The van der Waals surface area contributed by atoms with Crippen molar-refractivity contribution in [3.8, 4) is 10.6 Å². The molecule has 23 heavy (non-hydrogen) atoms. The second kappa shape index (κ2) is 6.76. The Balaban J connectivity index is 1.66. The number of aryl methyl sites for hydroxylation is 1. The first kappa shape index (κ1) is 15.5. The molecule has 0 saturated heterocycles. The summed E-state index contributed by atoms with van der Waals surface area (Å²) in [5.41, 5.74) is 2.48. The molecule has 6 heteroatoms. The smallest absolute Gasteiger partial charge is 0.270 e. The zero-order valence-electron chi connectivity index (χ0n) is 12.5. The van der Waals surface area contributed by atoms with Gasteiger partial charge in [-0.3, -0.25) is 4.79 Å². The van der Waals surface area contributed by atoms with Gasteiger partial charge in [0.1, 0.15) is 22.6 Å². The number of aliphatic hydroxyl groups is 1. The van der Waals surface area contributed by atoms with E-state index in [-0.39, 0.29) is 12.5 Å². The minimum absolute atomic E-state index is 0.0730. The molecule has 0 aliphatic heterocycles. The highest BCUT2D eigenvalue weighted by atomic mass is 32.1. The monoisotopic (exact) mass is 328 g/mol. The van der Waals surface area contributed by atoms with Crippen molar-refractivity contribution in [3.05, 3.63) is 65.1 Å². The van der Waals surface area contributed by atoms with Crippen LogP contribution in [0.25, 0.3) is 10.6 Å². The average Bonchev–Trinajstić information content (AvgIpc) is 3.24. The predicted octanol–water partition coefficient (Wildman–Crippen LogP) is 3.17.